The minimum Gasteiger partial charge on any atom is -0.381 e. The number of rotatable bonds is 10. The highest BCUT2D eigenvalue weighted by Crippen LogP contribution is 2.00. The largest absolute Gasteiger partial charge is 0.381 e. The lowest BCUT2D eigenvalue weighted by Gasteiger charge is -2.20. The molecule has 0 aliphatic heterocycles. The molecule has 0 atom stereocenters. The summed E-state index contributed by atoms with van der Waals surface area (Å²) in [6.07, 6.45) is 1.81. The summed E-state index contributed by atoms with van der Waals surface area (Å²) in [4.78, 5) is 16.2. The molecule has 1 amide bonds. The first-order chi connectivity index (χ1) is 12.4. The molecule has 1 rings (SSSR count). The average molecular weight is 363 g/mol. The molecule has 1 aromatic rings. The van der Waals surface area contributed by atoms with Gasteiger partial charge in [-0.3, -0.25) is 4.79 Å². The third-order valence-corrected chi connectivity index (χ3v) is 3.38. The smallest absolute Gasteiger partial charge is 0.242 e. The van der Waals surface area contributed by atoms with E-state index >= 15 is 0 Å². The molecule has 0 bridgehead atoms. The molecule has 0 saturated carbocycles. The van der Waals surface area contributed by atoms with Crippen molar-refractivity contribution in [3.05, 3.63) is 35.9 Å². The molecule has 0 saturated heterocycles. The Hall–Kier alpha value is -2.08. The van der Waals surface area contributed by atoms with Crippen molar-refractivity contribution < 1.29 is 9.53 Å². The van der Waals surface area contributed by atoms with Crippen molar-refractivity contribution in [1.82, 2.24) is 16.0 Å². The first kappa shape index (κ1) is 22.0. The summed E-state index contributed by atoms with van der Waals surface area (Å²) in [5.74, 6) is 0.569. The summed E-state index contributed by atoms with van der Waals surface area (Å²) >= 11 is 0. The topological polar surface area (TPSA) is 74.8 Å². The standard InChI is InChI=1S/C20H34N4O2/c1-5-21-19(23-16-18(25)24-20(2,3)4)22-13-9-14-26-15-12-17-10-7-6-8-11-17/h6-8,10-11H,5,9,12-16H2,1-4H3,(H,24,25)(H2,21,22,23). The normalized spacial score (nSPS) is 11.9. The third kappa shape index (κ3) is 11.5. The van der Waals surface area contributed by atoms with Gasteiger partial charge >= 0.3 is 0 Å². The Balaban J connectivity index is 2.18. The number of hydrogen-bond acceptors (Lipinski definition) is 3. The van der Waals surface area contributed by atoms with Crippen molar-refractivity contribution in [3.63, 3.8) is 0 Å². The Morgan fingerprint density at radius 2 is 1.85 bits per heavy atom. The van der Waals surface area contributed by atoms with Crippen molar-refractivity contribution in [2.24, 2.45) is 4.99 Å². The zero-order valence-electron chi connectivity index (χ0n) is 16.6. The van der Waals surface area contributed by atoms with Crippen LogP contribution in [0.3, 0.4) is 0 Å². The summed E-state index contributed by atoms with van der Waals surface area (Å²) in [5.41, 5.74) is 1.05. The number of ether oxygens (including phenoxy) is 1. The lowest BCUT2D eigenvalue weighted by atomic mass is 10.1. The maximum atomic E-state index is 11.8. The maximum Gasteiger partial charge on any atom is 0.242 e. The van der Waals surface area contributed by atoms with E-state index in [2.05, 4.69) is 33.1 Å². The minimum atomic E-state index is -0.241. The lowest BCUT2D eigenvalue weighted by Crippen LogP contribution is -2.43. The van der Waals surface area contributed by atoms with Crippen LogP contribution in [0.1, 0.15) is 39.7 Å². The number of benzene rings is 1. The van der Waals surface area contributed by atoms with Crippen molar-refractivity contribution >= 4 is 11.9 Å². The number of carbonyl (C=O) groups excluding carboxylic acids is 1. The summed E-state index contributed by atoms with van der Waals surface area (Å²) in [6.45, 7) is 10.9. The van der Waals surface area contributed by atoms with Gasteiger partial charge in [-0.15, -0.1) is 0 Å². The van der Waals surface area contributed by atoms with Gasteiger partial charge < -0.3 is 20.7 Å². The predicted octanol–water partition coefficient (Wildman–Crippen LogP) is 2.11. The molecule has 0 fully saturated rings. The van der Waals surface area contributed by atoms with Crippen LogP contribution in [0.2, 0.25) is 0 Å². The number of aliphatic imine (C=N–C) groups is 1. The number of carbonyl (C=O) groups is 1. The van der Waals surface area contributed by atoms with Crippen molar-refractivity contribution in [2.75, 3.05) is 32.8 Å². The number of guanidine groups is 1. The minimum absolute atomic E-state index is 0.0843. The Labute approximate surface area is 157 Å². The van der Waals surface area contributed by atoms with Crippen LogP contribution in [0, 0.1) is 0 Å². The van der Waals surface area contributed by atoms with E-state index in [1.54, 1.807) is 0 Å². The van der Waals surface area contributed by atoms with Gasteiger partial charge in [-0.2, -0.15) is 0 Å². The highest BCUT2D eigenvalue weighted by Gasteiger charge is 2.13. The molecular weight excluding hydrogens is 328 g/mol. The van der Waals surface area contributed by atoms with Crippen LogP contribution in [0.5, 0.6) is 0 Å². The molecule has 0 radical (unpaired) electrons. The van der Waals surface area contributed by atoms with Gasteiger partial charge in [-0.1, -0.05) is 30.3 Å². The van der Waals surface area contributed by atoms with Gasteiger partial charge in [0.2, 0.25) is 5.91 Å². The van der Waals surface area contributed by atoms with Crippen LogP contribution in [-0.2, 0) is 16.0 Å². The number of hydrogen-bond donors (Lipinski definition) is 3. The van der Waals surface area contributed by atoms with E-state index in [0.29, 0.717) is 12.6 Å². The predicted molar refractivity (Wildman–Crippen MR) is 107 cm³/mol. The molecule has 0 aromatic heterocycles. The highest BCUT2D eigenvalue weighted by molar-refractivity contribution is 5.85. The molecule has 0 spiro atoms. The van der Waals surface area contributed by atoms with E-state index in [1.165, 1.54) is 5.56 Å². The van der Waals surface area contributed by atoms with Gasteiger partial charge in [0.25, 0.3) is 0 Å². The summed E-state index contributed by atoms with van der Waals surface area (Å²) in [7, 11) is 0. The van der Waals surface area contributed by atoms with Crippen LogP contribution in [0.15, 0.2) is 35.3 Å². The van der Waals surface area contributed by atoms with Gasteiger partial charge in [0, 0.05) is 25.2 Å². The van der Waals surface area contributed by atoms with Crippen molar-refractivity contribution in [2.45, 2.75) is 46.1 Å². The second kappa shape index (κ2) is 12.3. The molecule has 3 N–H and O–H groups in total. The number of nitrogens with zero attached hydrogens (tertiary/aromatic N) is 1. The molecule has 26 heavy (non-hydrogen) atoms. The Bertz CT molecular complexity index is 538. The van der Waals surface area contributed by atoms with Gasteiger partial charge in [0.05, 0.1) is 6.61 Å². The second-order valence-corrected chi connectivity index (χ2v) is 7.12. The first-order valence-corrected chi connectivity index (χ1v) is 9.35. The van der Waals surface area contributed by atoms with Crippen LogP contribution in [0.25, 0.3) is 0 Å². The molecule has 0 heterocycles. The molecule has 146 valence electrons. The molecular formula is C20H34N4O2. The third-order valence-electron chi connectivity index (χ3n) is 3.38. The molecule has 0 unspecified atom stereocenters. The van der Waals surface area contributed by atoms with Gasteiger partial charge in [0.1, 0.15) is 6.54 Å². The second-order valence-electron chi connectivity index (χ2n) is 7.12. The van der Waals surface area contributed by atoms with Crippen LogP contribution in [-0.4, -0.2) is 50.3 Å². The first-order valence-electron chi connectivity index (χ1n) is 9.35. The quantitative estimate of drug-likeness (QED) is 0.339. The van der Waals surface area contributed by atoms with Gasteiger partial charge in [-0.25, -0.2) is 4.99 Å². The zero-order valence-corrected chi connectivity index (χ0v) is 16.6. The van der Waals surface area contributed by atoms with Gasteiger partial charge in [0.15, 0.2) is 5.96 Å². The lowest BCUT2D eigenvalue weighted by molar-refractivity contribution is -0.121. The maximum absolute atomic E-state index is 11.8. The Morgan fingerprint density at radius 1 is 1.12 bits per heavy atom. The molecule has 6 nitrogen and oxygen atoms in total. The molecule has 6 heteroatoms. The van der Waals surface area contributed by atoms with Gasteiger partial charge in [-0.05, 0) is 46.1 Å². The zero-order chi connectivity index (χ0) is 19.3. The van der Waals surface area contributed by atoms with E-state index in [9.17, 15) is 4.79 Å². The molecule has 0 aliphatic carbocycles. The fourth-order valence-corrected chi connectivity index (χ4v) is 2.27. The fraction of sp³-hybridized carbons (Fsp3) is 0.600. The van der Waals surface area contributed by atoms with E-state index in [1.807, 2.05) is 45.9 Å². The highest BCUT2D eigenvalue weighted by atomic mass is 16.5. The molecule has 1 aromatic carbocycles. The van der Waals surface area contributed by atoms with Crippen LogP contribution >= 0.6 is 0 Å². The fourth-order valence-electron chi connectivity index (χ4n) is 2.27. The Kier molecular flexibility index (Phi) is 10.4. The number of nitrogens with one attached hydrogen (secondary N) is 3. The molecule has 0 aliphatic rings. The average Bonchev–Trinajstić information content (AvgIpc) is 2.58. The van der Waals surface area contributed by atoms with E-state index in [-0.39, 0.29) is 18.0 Å². The van der Waals surface area contributed by atoms with E-state index in [4.69, 9.17) is 4.74 Å². The SMILES string of the molecule is CCNC(=NCC(=O)NC(C)(C)C)NCCCOCCc1ccccc1. The summed E-state index contributed by atoms with van der Waals surface area (Å²) in [5, 5.41) is 9.27. The monoisotopic (exact) mass is 362 g/mol. The van der Waals surface area contributed by atoms with Crippen molar-refractivity contribution in [3.8, 4) is 0 Å². The van der Waals surface area contributed by atoms with Crippen LogP contribution < -0.4 is 16.0 Å². The van der Waals surface area contributed by atoms with E-state index in [0.717, 1.165) is 32.5 Å². The summed E-state index contributed by atoms with van der Waals surface area (Å²) < 4.78 is 5.67. The van der Waals surface area contributed by atoms with E-state index < -0.39 is 0 Å². The number of amides is 1. The van der Waals surface area contributed by atoms with Crippen LogP contribution in [0.4, 0.5) is 0 Å². The summed E-state index contributed by atoms with van der Waals surface area (Å²) in [6, 6.07) is 10.3. The van der Waals surface area contributed by atoms with Crippen molar-refractivity contribution in [1.29, 1.82) is 0 Å². The Morgan fingerprint density at radius 3 is 2.50 bits per heavy atom.